The average Bonchev–Trinajstić information content (AvgIpc) is 2.32. The van der Waals surface area contributed by atoms with Gasteiger partial charge in [-0.2, -0.15) is 0 Å². The summed E-state index contributed by atoms with van der Waals surface area (Å²) in [6, 6.07) is 1.12. The molecule has 13 heavy (non-hydrogen) atoms. The molecule has 1 rings (SSSR count). The Hall–Kier alpha value is -0.0800. The second kappa shape index (κ2) is 6.39. The SMILES string of the molecule is CC(N)CCNC1CCCCCC1. The molecule has 0 saturated heterocycles. The largest absolute Gasteiger partial charge is 0.328 e. The first kappa shape index (κ1) is 11.0. The van der Waals surface area contributed by atoms with E-state index in [2.05, 4.69) is 12.2 Å². The number of rotatable bonds is 4. The van der Waals surface area contributed by atoms with Gasteiger partial charge in [0.1, 0.15) is 0 Å². The van der Waals surface area contributed by atoms with Crippen molar-refractivity contribution in [2.45, 2.75) is 64.0 Å². The summed E-state index contributed by atoms with van der Waals surface area (Å²) < 4.78 is 0. The van der Waals surface area contributed by atoms with E-state index in [4.69, 9.17) is 5.73 Å². The first-order chi connectivity index (χ1) is 6.29. The number of nitrogens with one attached hydrogen (secondary N) is 1. The van der Waals surface area contributed by atoms with Crippen LogP contribution in [0.4, 0.5) is 0 Å². The lowest BCUT2D eigenvalue weighted by Crippen LogP contribution is -2.32. The van der Waals surface area contributed by atoms with Crippen LogP contribution in [0.3, 0.4) is 0 Å². The van der Waals surface area contributed by atoms with E-state index < -0.39 is 0 Å². The molecule has 1 aliphatic carbocycles. The second-order valence-corrected chi connectivity index (χ2v) is 4.41. The standard InChI is InChI=1S/C11H24N2/c1-10(12)8-9-13-11-6-4-2-3-5-7-11/h10-11,13H,2-9,12H2,1H3. The Bertz CT molecular complexity index is 115. The highest BCUT2D eigenvalue weighted by Crippen LogP contribution is 2.16. The van der Waals surface area contributed by atoms with Crippen molar-refractivity contribution in [3.05, 3.63) is 0 Å². The van der Waals surface area contributed by atoms with Gasteiger partial charge in [-0.15, -0.1) is 0 Å². The van der Waals surface area contributed by atoms with Crippen LogP contribution in [0.2, 0.25) is 0 Å². The van der Waals surface area contributed by atoms with Crippen LogP contribution >= 0.6 is 0 Å². The van der Waals surface area contributed by atoms with Gasteiger partial charge in [-0.25, -0.2) is 0 Å². The van der Waals surface area contributed by atoms with Gasteiger partial charge in [0.15, 0.2) is 0 Å². The minimum atomic E-state index is 0.346. The van der Waals surface area contributed by atoms with Gasteiger partial charge in [0.05, 0.1) is 0 Å². The normalized spacial score (nSPS) is 22.6. The van der Waals surface area contributed by atoms with Crippen LogP contribution in [0, 0.1) is 0 Å². The molecule has 0 aliphatic heterocycles. The molecule has 1 fully saturated rings. The van der Waals surface area contributed by atoms with E-state index in [0.29, 0.717) is 6.04 Å². The summed E-state index contributed by atoms with van der Waals surface area (Å²) in [5.41, 5.74) is 5.70. The van der Waals surface area contributed by atoms with Crippen LogP contribution in [0.25, 0.3) is 0 Å². The predicted octanol–water partition coefficient (Wildman–Crippen LogP) is 2.04. The lowest BCUT2D eigenvalue weighted by molar-refractivity contribution is 0.446. The highest BCUT2D eigenvalue weighted by atomic mass is 14.9. The van der Waals surface area contributed by atoms with Gasteiger partial charge in [-0.1, -0.05) is 25.7 Å². The van der Waals surface area contributed by atoms with Gasteiger partial charge in [0.2, 0.25) is 0 Å². The number of hydrogen-bond donors (Lipinski definition) is 2. The van der Waals surface area contributed by atoms with E-state index in [9.17, 15) is 0 Å². The van der Waals surface area contributed by atoms with Crippen molar-refractivity contribution in [2.24, 2.45) is 5.73 Å². The van der Waals surface area contributed by atoms with Crippen molar-refractivity contribution in [1.29, 1.82) is 0 Å². The molecule has 0 radical (unpaired) electrons. The van der Waals surface area contributed by atoms with Gasteiger partial charge in [-0.3, -0.25) is 0 Å². The molecule has 0 bridgehead atoms. The zero-order chi connectivity index (χ0) is 9.52. The summed E-state index contributed by atoms with van der Waals surface area (Å²) in [5.74, 6) is 0. The fraction of sp³-hybridized carbons (Fsp3) is 1.00. The van der Waals surface area contributed by atoms with Crippen molar-refractivity contribution in [2.75, 3.05) is 6.54 Å². The predicted molar refractivity (Wildman–Crippen MR) is 57.8 cm³/mol. The van der Waals surface area contributed by atoms with Gasteiger partial charge in [0, 0.05) is 12.1 Å². The van der Waals surface area contributed by atoms with E-state index >= 15 is 0 Å². The van der Waals surface area contributed by atoms with Crippen LogP contribution in [0.15, 0.2) is 0 Å². The lowest BCUT2D eigenvalue weighted by atomic mass is 10.1. The minimum absolute atomic E-state index is 0.346. The highest BCUT2D eigenvalue weighted by Gasteiger charge is 2.10. The van der Waals surface area contributed by atoms with E-state index in [1.165, 1.54) is 38.5 Å². The smallest absolute Gasteiger partial charge is 0.00670 e. The maximum Gasteiger partial charge on any atom is 0.00670 e. The highest BCUT2D eigenvalue weighted by molar-refractivity contribution is 4.71. The summed E-state index contributed by atoms with van der Waals surface area (Å²) in [6.45, 7) is 3.18. The van der Waals surface area contributed by atoms with Crippen LogP contribution in [-0.4, -0.2) is 18.6 Å². The number of nitrogens with two attached hydrogens (primary N) is 1. The Morgan fingerprint density at radius 1 is 1.23 bits per heavy atom. The molecule has 0 aromatic heterocycles. The molecule has 0 aromatic rings. The third kappa shape index (κ3) is 5.27. The number of hydrogen-bond acceptors (Lipinski definition) is 2. The van der Waals surface area contributed by atoms with Crippen LogP contribution in [-0.2, 0) is 0 Å². The zero-order valence-electron chi connectivity index (χ0n) is 8.89. The van der Waals surface area contributed by atoms with Crippen molar-refractivity contribution in [3.63, 3.8) is 0 Å². The van der Waals surface area contributed by atoms with Crippen LogP contribution in [0.5, 0.6) is 0 Å². The minimum Gasteiger partial charge on any atom is -0.328 e. The molecule has 2 heteroatoms. The fourth-order valence-electron chi connectivity index (χ4n) is 2.00. The molecule has 1 saturated carbocycles. The maximum absolute atomic E-state index is 5.70. The molecule has 0 spiro atoms. The summed E-state index contributed by atoms with van der Waals surface area (Å²) in [4.78, 5) is 0. The molecule has 78 valence electrons. The van der Waals surface area contributed by atoms with Crippen LogP contribution < -0.4 is 11.1 Å². The van der Waals surface area contributed by atoms with E-state index in [-0.39, 0.29) is 0 Å². The monoisotopic (exact) mass is 184 g/mol. The Balaban J connectivity index is 2.05. The molecular weight excluding hydrogens is 160 g/mol. The third-order valence-corrected chi connectivity index (χ3v) is 2.89. The quantitative estimate of drug-likeness (QED) is 0.656. The average molecular weight is 184 g/mol. The fourth-order valence-corrected chi connectivity index (χ4v) is 2.00. The van der Waals surface area contributed by atoms with Gasteiger partial charge in [0.25, 0.3) is 0 Å². The van der Waals surface area contributed by atoms with Crippen molar-refractivity contribution >= 4 is 0 Å². The Kier molecular flexibility index (Phi) is 5.40. The van der Waals surface area contributed by atoms with Crippen molar-refractivity contribution < 1.29 is 0 Å². The van der Waals surface area contributed by atoms with E-state index in [1.54, 1.807) is 0 Å². The molecule has 2 nitrogen and oxygen atoms in total. The van der Waals surface area contributed by atoms with Crippen LogP contribution in [0.1, 0.15) is 51.9 Å². The molecule has 3 N–H and O–H groups in total. The topological polar surface area (TPSA) is 38.0 Å². The molecule has 1 aliphatic rings. The van der Waals surface area contributed by atoms with Gasteiger partial charge < -0.3 is 11.1 Å². The summed E-state index contributed by atoms with van der Waals surface area (Å²) in [7, 11) is 0. The van der Waals surface area contributed by atoms with Gasteiger partial charge >= 0.3 is 0 Å². The third-order valence-electron chi connectivity index (χ3n) is 2.89. The van der Waals surface area contributed by atoms with Crippen molar-refractivity contribution in [3.8, 4) is 0 Å². The van der Waals surface area contributed by atoms with Crippen molar-refractivity contribution in [1.82, 2.24) is 5.32 Å². The first-order valence-electron chi connectivity index (χ1n) is 5.78. The van der Waals surface area contributed by atoms with E-state index in [0.717, 1.165) is 19.0 Å². The molecule has 0 aromatic carbocycles. The lowest BCUT2D eigenvalue weighted by Gasteiger charge is -2.16. The molecule has 0 heterocycles. The molecule has 0 amide bonds. The molecule has 1 unspecified atom stereocenters. The Morgan fingerprint density at radius 3 is 2.38 bits per heavy atom. The summed E-state index contributed by atoms with van der Waals surface area (Å²) in [5, 5.41) is 3.61. The maximum atomic E-state index is 5.70. The molecular formula is C11H24N2. The second-order valence-electron chi connectivity index (χ2n) is 4.41. The zero-order valence-corrected chi connectivity index (χ0v) is 8.89. The van der Waals surface area contributed by atoms with Gasteiger partial charge in [-0.05, 0) is 32.7 Å². The summed E-state index contributed by atoms with van der Waals surface area (Å²) in [6.07, 6.45) is 9.55. The molecule has 1 atom stereocenters. The van der Waals surface area contributed by atoms with E-state index in [1.807, 2.05) is 0 Å². The first-order valence-corrected chi connectivity index (χ1v) is 5.78. The Morgan fingerprint density at radius 2 is 1.85 bits per heavy atom. The summed E-state index contributed by atoms with van der Waals surface area (Å²) >= 11 is 0. The Labute approximate surface area is 82.3 Å².